The van der Waals surface area contributed by atoms with Gasteiger partial charge in [0.1, 0.15) is 0 Å². The first-order valence-corrected chi connectivity index (χ1v) is 8.43. The highest BCUT2D eigenvalue weighted by molar-refractivity contribution is 5.10. The van der Waals surface area contributed by atoms with Crippen molar-refractivity contribution in [3.8, 4) is 0 Å². The predicted octanol–water partition coefficient (Wildman–Crippen LogP) is 4.59. The summed E-state index contributed by atoms with van der Waals surface area (Å²) in [6.07, 6.45) is 11.2. The summed E-state index contributed by atoms with van der Waals surface area (Å²) in [6, 6.07) is 2.96. The molecule has 2 heteroatoms. The summed E-state index contributed by atoms with van der Waals surface area (Å²) in [6.45, 7) is 11.5. The second-order valence-corrected chi connectivity index (χ2v) is 7.12. The molecule has 0 spiro atoms. The van der Waals surface area contributed by atoms with E-state index in [0.717, 1.165) is 25.0 Å². The van der Waals surface area contributed by atoms with Gasteiger partial charge in [0, 0.05) is 31.5 Å². The summed E-state index contributed by atoms with van der Waals surface area (Å²) < 4.78 is 2.25. The molecule has 0 bridgehead atoms. The second kappa shape index (κ2) is 6.80. The molecule has 0 radical (unpaired) electrons. The van der Waals surface area contributed by atoms with Gasteiger partial charge in [0.05, 0.1) is 0 Å². The zero-order chi connectivity index (χ0) is 14.6. The van der Waals surface area contributed by atoms with Gasteiger partial charge in [-0.15, -0.1) is 0 Å². The lowest BCUT2D eigenvalue weighted by molar-refractivity contribution is 0.137. The Morgan fingerprint density at radius 2 is 1.90 bits per heavy atom. The van der Waals surface area contributed by atoms with Gasteiger partial charge in [-0.3, -0.25) is 0 Å². The molecule has 0 atom stereocenters. The molecule has 0 aromatic carbocycles. The molecular formula is C18H32N2. The summed E-state index contributed by atoms with van der Waals surface area (Å²) in [5, 5.41) is 3.75. The smallest absolute Gasteiger partial charge is 0.0223 e. The van der Waals surface area contributed by atoms with Gasteiger partial charge in [-0.1, -0.05) is 27.2 Å². The molecule has 0 amide bonds. The van der Waals surface area contributed by atoms with Crippen molar-refractivity contribution in [3.05, 3.63) is 24.0 Å². The molecule has 1 aliphatic carbocycles. The molecule has 0 unspecified atom stereocenters. The maximum Gasteiger partial charge on any atom is 0.0223 e. The highest BCUT2D eigenvalue weighted by atomic mass is 14.9. The minimum absolute atomic E-state index is 0.531. The molecule has 0 saturated heterocycles. The SMILES string of the molecule is CCn1ccc(CNC2CCC(C(C)(C)CC)CC2)c1. The van der Waals surface area contributed by atoms with Crippen molar-refractivity contribution in [1.29, 1.82) is 0 Å². The van der Waals surface area contributed by atoms with Crippen molar-refractivity contribution in [2.24, 2.45) is 11.3 Å². The van der Waals surface area contributed by atoms with E-state index in [9.17, 15) is 0 Å². The molecule has 2 nitrogen and oxygen atoms in total. The maximum atomic E-state index is 3.75. The van der Waals surface area contributed by atoms with Crippen molar-refractivity contribution >= 4 is 0 Å². The molecule has 1 aromatic heterocycles. The van der Waals surface area contributed by atoms with Crippen molar-refractivity contribution in [2.75, 3.05) is 0 Å². The van der Waals surface area contributed by atoms with Crippen LogP contribution >= 0.6 is 0 Å². The van der Waals surface area contributed by atoms with E-state index in [0.29, 0.717) is 5.41 Å². The molecule has 1 N–H and O–H groups in total. The lowest BCUT2D eigenvalue weighted by Crippen LogP contribution is -2.36. The summed E-state index contributed by atoms with van der Waals surface area (Å²) in [5.41, 5.74) is 1.95. The van der Waals surface area contributed by atoms with Gasteiger partial charge < -0.3 is 9.88 Å². The van der Waals surface area contributed by atoms with E-state index >= 15 is 0 Å². The lowest BCUT2D eigenvalue weighted by atomic mass is 9.69. The largest absolute Gasteiger partial charge is 0.354 e. The maximum absolute atomic E-state index is 3.75. The van der Waals surface area contributed by atoms with Crippen LogP contribution in [0.1, 0.15) is 65.4 Å². The van der Waals surface area contributed by atoms with E-state index in [1.165, 1.54) is 37.7 Å². The van der Waals surface area contributed by atoms with Gasteiger partial charge in [-0.25, -0.2) is 0 Å². The van der Waals surface area contributed by atoms with Crippen LogP contribution in [0.3, 0.4) is 0 Å². The number of hydrogen-bond donors (Lipinski definition) is 1. The van der Waals surface area contributed by atoms with Crippen LogP contribution in [0.5, 0.6) is 0 Å². The Morgan fingerprint density at radius 1 is 1.20 bits per heavy atom. The molecule has 1 aromatic rings. The second-order valence-electron chi connectivity index (χ2n) is 7.12. The van der Waals surface area contributed by atoms with E-state index < -0.39 is 0 Å². The number of aryl methyl sites for hydroxylation is 1. The van der Waals surface area contributed by atoms with Crippen molar-refractivity contribution in [1.82, 2.24) is 9.88 Å². The minimum Gasteiger partial charge on any atom is -0.354 e. The van der Waals surface area contributed by atoms with Crippen LogP contribution in [0, 0.1) is 11.3 Å². The summed E-state index contributed by atoms with van der Waals surface area (Å²) in [5.74, 6) is 0.923. The van der Waals surface area contributed by atoms with Gasteiger partial charge >= 0.3 is 0 Å². The number of nitrogens with one attached hydrogen (secondary N) is 1. The molecule has 20 heavy (non-hydrogen) atoms. The standard InChI is InChI=1S/C18H32N2/c1-5-18(3,4)16-7-9-17(10-8-16)19-13-15-11-12-20(6-2)14-15/h11-12,14,16-17,19H,5-10,13H2,1-4H3. The Kier molecular flexibility index (Phi) is 5.31. The molecule has 1 aliphatic rings. The molecule has 1 fully saturated rings. The zero-order valence-electron chi connectivity index (χ0n) is 13.8. The van der Waals surface area contributed by atoms with Gasteiger partial charge in [-0.05, 0) is 55.6 Å². The first-order chi connectivity index (χ1) is 9.55. The van der Waals surface area contributed by atoms with E-state index in [1.807, 2.05) is 0 Å². The number of aromatic nitrogens is 1. The molecule has 1 saturated carbocycles. The first-order valence-electron chi connectivity index (χ1n) is 8.43. The predicted molar refractivity (Wildman–Crippen MR) is 86.8 cm³/mol. The molecular weight excluding hydrogens is 244 g/mol. The Balaban J connectivity index is 1.74. The van der Waals surface area contributed by atoms with Gasteiger partial charge in [0.15, 0.2) is 0 Å². The fourth-order valence-electron chi connectivity index (χ4n) is 3.42. The van der Waals surface area contributed by atoms with Crippen LogP contribution < -0.4 is 5.32 Å². The van der Waals surface area contributed by atoms with Crippen LogP contribution in [0.4, 0.5) is 0 Å². The number of rotatable bonds is 6. The average molecular weight is 276 g/mol. The van der Waals surface area contributed by atoms with Crippen LogP contribution in [0.2, 0.25) is 0 Å². The average Bonchev–Trinajstić information content (AvgIpc) is 2.93. The number of nitrogens with zero attached hydrogens (tertiary/aromatic N) is 1. The highest BCUT2D eigenvalue weighted by Gasteiger charge is 2.31. The Bertz CT molecular complexity index is 397. The van der Waals surface area contributed by atoms with Crippen LogP contribution in [-0.2, 0) is 13.1 Å². The topological polar surface area (TPSA) is 17.0 Å². The highest BCUT2D eigenvalue weighted by Crippen LogP contribution is 2.40. The van der Waals surface area contributed by atoms with Crippen LogP contribution in [0.15, 0.2) is 18.5 Å². The van der Waals surface area contributed by atoms with Crippen LogP contribution in [-0.4, -0.2) is 10.6 Å². The lowest BCUT2D eigenvalue weighted by Gasteiger charge is -2.39. The third kappa shape index (κ3) is 3.88. The monoisotopic (exact) mass is 276 g/mol. The molecule has 0 aliphatic heterocycles. The minimum atomic E-state index is 0.531. The molecule has 114 valence electrons. The van der Waals surface area contributed by atoms with Crippen molar-refractivity contribution < 1.29 is 0 Å². The third-order valence-corrected chi connectivity index (χ3v) is 5.52. The van der Waals surface area contributed by atoms with E-state index in [4.69, 9.17) is 0 Å². The first kappa shape index (κ1) is 15.6. The zero-order valence-corrected chi connectivity index (χ0v) is 13.8. The summed E-state index contributed by atoms with van der Waals surface area (Å²) >= 11 is 0. The summed E-state index contributed by atoms with van der Waals surface area (Å²) in [7, 11) is 0. The van der Waals surface area contributed by atoms with Crippen molar-refractivity contribution in [2.45, 2.75) is 78.9 Å². The number of hydrogen-bond acceptors (Lipinski definition) is 1. The van der Waals surface area contributed by atoms with Gasteiger partial charge in [-0.2, -0.15) is 0 Å². The quantitative estimate of drug-likeness (QED) is 0.804. The molecule has 1 heterocycles. The van der Waals surface area contributed by atoms with E-state index in [-0.39, 0.29) is 0 Å². The fourth-order valence-corrected chi connectivity index (χ4v) is 3.42. The Hall–Kier alpha value is -0.760. The van der Waals surface area contributed by atoms with Gasteiger partial charge in [0.2, 0.25) is 0 Å². The van der Waals surface area contributed by atoms with E-state index in [1.54, 1.807) is 0 Å². The Morgan fingerprint density at radius 3 is 2.45 bits per heavy atom. The van der Waals surface area contributed by atoms with Crippen LogP contribution in [0.25, 0.3) is 0 Å². The fraction of sp³-hybridized carbons (Fsp3) is 0.778. The van der Waals surface area contributed by atoms with E-state index in [2.05, 4.69) is 56.0 Å². The van der Waals surface area contributed by atoms with Crippen molar-refractivity contribution in [3.63, 3.8) is 0 Å². The molecule has 2 rings (SSSR count). The normalized spacial score (nSPS) is 24.0. The third-order valence-electron chi connectivity index (χ3n) is 5.52. The Labute approximate surface area is 125 Å². The summed E-state index contributed by atoms with van der Waals surface area (Å²) in [4.78, 5) is 0. The van der Waals surface area contributed by atoms with Gasteiger partial charge in [0.25, 0.3) is 0 Å².